The molecule has 0 fully saturated rings. The fraction of sp³-hybridized carbons (Fsp3) is 0.333. The Morgan fingerprint density at radius 3 is 2.69 bits per heavy atom. The highest BCUT2D eigenvalue weighted by atomic mass is 16.5. The molecule has 0 saturated carbocycles. The Hall–Kier alpha value is -3.16. The highest BCUT2D eigenvalue weighted by molar-refractivity contribution is 5.97. The molecule has 0 bridgehead atoms. The molecule has 3 rings (SSSR count). The predicted molar refractivity (Wildman–Crippen MR) is 95.2 cm³/mol. The lowest BCUT2D eigenvalue weighted by molar-refractivity contribution is 0.0914. The van der Waals surface area contributed by atoms with Gasteiger partial charge in [-0.05, 0) is 18.1 Å². The van der Waals surface area contributed by atoms with E-state index in [0.29, 0.717) is 23.3 Å². The molecule has 0 radical (unpaired) electrons. The number of hydrogen-bond acceptors (Lipinski definition) is 6. The summed E-state index contributed by atoms with van der Waals surface area (Å²) in [4.78, 5) is 26.5. The maximum atomic E-state index is 12.7. The number of amides is 1. The first-order valence-corrected chi connectivity index (χ1v) is 8.25. The molecular formula is C18H20N4O4. The van der Waals surface area contributed by atoms with E-state index in [2.05, 4.69) is 15.5 Å². The molecule has 2 heterocycles. The molecule has 0 aliphatic carbocycles. The van der Waals surface area contributed by atoms with Crippen LogP contribution in [0, 0.1) is 5.92 Å². The number of benzene rings is 1. The lowest BCUT2D eigenvalue weighted by atomic mass is 10.0. The minimum absolute atomic E-state index is 0.0511. The molecule has 1 unspecified atom stereocenters. The summed E-state index contributed by atoms with van der Waals surface area (Å²) in [6.07, 6.45) is 3.15. The quantitative estimate of drug-likeness (QED) is 0.677. The second-order valence-electron chi connectivity index (χ2n) is 6.23. The zero-order valence-corrected chi connectivity index (χ0v) is 14.8. The molecule has 1 amide bonds. The average Bonchev–Trinajstić information content (AvgIpc) is 3.13. The smallest absolute Gasteiger partial charge is 0.349 e. The van der Waals surface area contributed by atoms with Crippen LogP contribution in [0.3, 0.4) is 0 Å². The zero-order valence-electron chi connectivity index (χ0n) is 14.8. The van der Waals surface area contributed by atoms with Crippen molar-refractivity contribution in [2.24, 2.45) is 5.92 Å². The van der Waals surface area contributed by atoms with Crippen LogP contribution < -0.4 is 15.7 Å². The van der Waals surface area contributed by atoms with Gasteiger partial charge in [0.15, 0.2) is 11.3 Å². The number of methoxy groups -OCH3 is 1. The van der Waals surface area contributed by atoms with Gasteiger partial charge >= 0.3 is 5.63 Å². The van der Waals surface area contributed by atoms with Crippen molar-refractivity contribution in [3.63, 3.8) is 0 Å². The van der Waals surface area contributed by atoms with Gasteiger partial charge in [0.25, 0.3) is 5.91 Å². The lowest BCUT2D eigenvalue weighted by Crippen LogP contribution is -2.43. The van der Waals surface area contributed by atoms with Gasteiger partial charge in [0.1, 0.15) is 5.56 Å². The van der Waals surface area contributed by atoms with E-state index in [1.54, 1.807) is 30.6 Å². The summed E-state index contributed by atoms with van der Waals surface area (Å²) < 4.78 is 10.5. The van der Waals surface area contributed by atoms with Crippen molar-refractivity contribution in [1.82, 2.24) is 20.3 Å². The summed E-state index contributed by atoms with van der Waals surface area (Å²) in [5.74, 6) is 0.0724. The van der Waals surface area contributed by atoms with Crippen LogP contribution in [0.25, 0.3) is 11.0 Å². The van der Waals surface area contributed by atoms with Crippen LogP contribution in [0.15, 0.2) is 45.9 Å². The minimum atomic E-state index is -0.709. The summed E-state index contributed by atoms with van der Waals surface area (Å²) in [7, 11) is 1.49. The van der Waals surface area contributed by atoms with Crippen LogP contribution in [0.5, 0.6) is 5.75 Å². The monoisotopic (exact) mass is 356 g/mol. The number of rotatable bonds is 6. The summed E-state index contributed by atoms with van der Waals surface area (Å²) >= 11 is 0. The fourth-order valence-electron chi connectivity index (χ4n) is 2.62. The molecule has 1 atom stereocenters. The summed E-state index contributed by atoms with van der Waals surface area (Å²) in [5, 5.41) is 11.6. The van der Waals surface area contributed by atoms with Gasteiger partial charge in [-0.2, -0.15) is 15.0 Å². The van der Waals surface area contributed by atoms with Crippen LogP contribution in [0.1, 0.15) is 24.2 Å². The van der Waals surface area contributed by atoms with Gasteiger partial charge in [-0.3, -0.25) is 4.79 Å². The van der Waals surface area contributed by atoms with Gasteiger partial charge in [0.05, 0.1) is 32.1 Å². The third-order valence-electron chi connectivity index (χ3n) is 4.14. The zero-order chi connectivity index (χ0) is 18.7. The molecule has 0 spiro atoms. The molecule has 26 heavy (non-hydrogen) atoms. The highest BCUT2D eigenvalue weighted by Crippen LogP contribution is 2.24. The maximum Gasteiger partial charge on any atom is 0.349 e. The van der Waals surface area contributed by atoms with Crippen LogP contribution in [0.4, 0.5) is 0 Å². The van der Waals surface area contributed by atoms with Crippen LogP contribution >= 0.6 is 0 Å². The topological polar surface area (TPSA) is 99.2 Å². The lowest BCUT2D eigenvalue weighted by Gasteiger charge is -2.21. The normalized spacial score (nSPS) is 12.3. The van der Waals surface area contributed by atoms with Gasteiger partial charge in [0.2, 0.25) is 0 Å². The Kier molecular flexibility index (Phi) is 5.01. The summed E-state index contributed by atoms with van der Waals surface area (Å²) in [6, 6.07) is 6.49. The third kappa shape index (κ3) is 3.58. The SMILES string of the molecule is COc1cccc2cc(C(=O)NC(Cn3nccn3)C(C)C)c(=O)oc12. The van der Waals surface area contributed by atoms with Crippen molar-refractivity contribution in [2.45, 2.75) is 26.4 Å². The molecule has 136 valence electrons. The summed E-state index contributed by atoms with van der Waals surface area (Å²) in [6.45, 7) is 4.35. The number of hydrogen-bond donors (Lipinski definition) is 1. The molecule has 0 aliphatic rings. The first-order chi connectivity index (χ1) is 12.5. The van der Waals surface area contributed by atoms with Crippen molar-refractivity contribution in [3.05, 3.63) is 52.6 Å². The van der Waals surface area contributed by atoms with E-state index in [1.165, 1.54) is 18.0 Å². The average molecular weight is 356 g/mol. The van der Waals surface area contributed by atoms with Crippen molar-refractivity contribution in [3.8, 4) is 5.75 Å². The number of para-hydroxylation sites is 1. The fourth-order valence-corrected chi connectivity index (χ4v) is 2.62. The Bertz CT molecular complexity index is 963. The van der Waals surface area contributed by atoms with Crippen LogP contribution in [0.2, 0.25) is 0 Å². The number of nitrogens with one attached hydrogen (secondary N) is 1. The van der Waals surface area contributed by atoms with Crippen molar-refractivity contribution < 1.29 is 13.9 Å². The number of fused-ring (bicyclic) bond motifs is 1. The molecule has 3 aromatic rings. The molecule has 8 nitrogen and oxygen atoms in total. The number of carbonyl (C=O) groups is 1. The van der Waals surface area contributed by atoms with E-state index in [0.717, 1.165) is 0 Å². The molecule has 0 aliphatic heterocycles. The van der Waals surface area contributed by atoms with Gasteiger partial charge in [-0.25, -0.2) is 4.79 Å². The number of ether oxygens (including phenoxy) is 1. The minimum Gasteiger partial charge on any atom is -0.493 e. The predicted octanol–water partition coefficient (Wildman–Crippen LogP) is 1.85. The molecular weight excluding hydrogens is 336 g/mol. The third-order valence-corrected chi connectivity index (χ3v) is 4.14. The second kappa shape index (κ2) is 7.38. The molecule has 2 aromatic heterocycles. The van der Waals surface area contributed by atoms with Crippen LogP contribution in [-0.4, -0.2) is 34.1 Å². The van der Waals surface area contributed by atoms with Crippen LogP contribution in [-0.2, 0) is 6.54 Å². The van der Waals surface area contributed by atoms with Gasteiger partial charge < -0.3 is 14.5 Å². The van der Waals surface area contributed by atoms with E-state index in [-0.39, 0.29) is 17.5 Å². The summed E-state index contributed by atoms with van der Waals surface area (Å²) in [5.41, 5.74) is -0.443. The second-order valence-corrected chi connectivity index (χ2v) is 6.23. The number of aromatic nitrogens is 3. The molecule has 8 heteroatoms. The Labute approximate surface area is 149 Å². The van der Waals surface area contributed by atoms with Gasteiger partial charge in [-0.15, -0.1) is 0 Å². The Morgan fingerprint density at radius 2 is 2.04 bits per heavy atom. The first kappa shape index (κ1) is 17.7. The van der Waals surface area contributed by atoms with E-state index in [9.17, 15) is 9.59 Å². The van der Waals surface area contributed by atoms with E-state index in [1.807, 2.05) is 13.8 Å². The Balaban J connectivity index is 1.88. The van der Waals surface area contributed by atoms with E-state index >= 15 is 0 Å². The molecule has 1 aromatic carbocycles. The van der Waals surface area contributed by atoms with Gasteiger partial charge in [-0.1, -0.05) is 26.0 Å². The maximum absolute atomic E-state index is 12.7. The van der Waals surface area contributed by atoms with E-state index < -0.39 is 11.5 Å². The number of nitrogens with zero attached hydrogens (tertiary/aromatic N) is 3. The highest BCUT2D eigenvalue weighted by Gasteiger charge is 2.22. The van der Waals surface area contributed by atoms with Crippen molar-refractivity contribution in [1.29, 1.82) is 0 Å². The van der Waals surface area contributed by atoms with Crippen molar-refractivity contribution >= 4 is 16.9 Å². The number of carbonyl (C=O) groups excluding carboxylic acids is 1. The largest absolute Gasteiger partial charge is 0.493 e. The van der Waals surface area contributed by atoms with Crippen molar-refractivity contribution in [2.75, 3.05) is 7.11 Å². The molecule has 0 saturated heterocycles. The van der Waals surface area contributed by atoms with E-state index in [4.69, 9.17) is 9.15 Å². The molecule has 1 N–H and O–H groups in total. The Morgan fingerprint density at radius 1 is 1.31 bits per heavy atom. The standard InChI is InChI=1S/C18H20N4O4/c1-11(2)14(10-22-19-7-8-20-22)21-17(23)13-9-12-5-4-6-15(25-3)16(12)26-18(13)24/h4-9,11,14H,10H2,1-3H3,(H,21,23). The first-order valence-electron chi connectivity index (χ1n) is 8.25. The van der Waals surface area contributed by atoms with Gasteiger partial charge in [0, 0.05) is 5.39 Å².